The van der Waals surface area contributed by atoms with Crippen LogP contribution in [0.5, 0.6) is 0 Å². The highest BCUT2D eigenvalue weighted by Crippen LogP contribution is 2.05. The predicted octanol–water partition coefficient (Wildman–Crippen LogP) is 1.22. The molecule has 1 N–H and O–H groups in total. The molecule has 2 aromatic heterocycles. The van der Waals surface area contributed by atoms with Crippen molar-refractivity contribution in [1.29, 1.82) is 0 Å². The molecule has 0 radical (unpaired) electrons. The lowest BCUT2D eigenvalue weighted by Gasteiger charge is -2.03. The van der Waals surface area contributed by atoms with Crippen molar-refractivity contribution >= 4 is 17.5 Å². The van der Waals surface area contributed by atoms with Gasteiger partial charge in [0.25, 0.3) is 0 Å². The van der Waals surface area contributed by atoms with Gasteiger partial charge in [-0.25, -0.2) is 9.97 Å². The van der Waals surface area contributed by atoms with Gasteiger partial charge in [0, 0.05) is 19.3 Å². The molecule has 0 saturated heterocycles. The van der Waals surface area contributed by atoms with E-state index in [1.807, 2.05) is 6.20 Å². The second kappa shape index (κ2) is 5.41. The molecule has 0 aliphatic carbocycles. The third kappa shape index (κ3) is 3.16. The molecule has 0 aliphatic rings. The second-order valence-electron chi connectivity index (χ2n) is 3.17. The first kappa shape index (κ1) is 10.8. The standard InChI is InChI=1S/C9H11ClN6/c10-8-6-12-9(13-7-8)11-2-1-4-16-5-3-14-15-16/h3,5-7H,1-2,4H2,(H,11,12,13). The SMILES string of the molecule is Clc1cnc(NCCCn2ccnn2)nc1. The van der Waals surface area contributed by atoms with Crippen molar-refractivity contribution in [2.75, 3.05) is 11.9 Å². The monoisotopic (exact) mass is 238 g/mol. The topological polar surface area (TPSA) is 68.5 Å². The van der Waals surface area contributed by atoms with E-state index in [1.165, 1.54) is 0 Å². The van der Waals surface area contributed by atoms with E-state index in [0.29, 0.717) is 11.0 Å². The third-order valence-electron chi connectivity index (χ3n) is 1.94. The highest BCUT2D eigenvalue weighted by atomic mass is 35.5. The highest BCUT2D eigenvalue weighted by Gasteiger charge is 1.95. The molecule has 0 spiro atoms. The first-order valence-electron chi connectivity index (χ1n) is 4.90. The van der Waals surface area contributed by atoms with E-state index < -0.39 is 0 Å². The van der Waals surface area contributed by atoms with E-state index in [2.05, 4.69) is 25.6 Å². The van der Waals surface area contributed by atoms with Crippen LogP contribution >= 0.6 is 11.6 Å². The lowest BCUT2D eigenvalue weighted by atomic mass is 10.4. The molecule has 16 heavy (non-hydrogen) atoms. The first-order valence-corrected chi connectivity index (χ1v) is 5.28. The molecular formula is C9H11ClN6. The van der Waals surface area contributed by atoms with Gasteiger partial charge in [0.05, 0.1) is 23.6 Å². The van der Waals surface area contributed by atoms with Crippen molar-refractivity contribution in [2.45, 2.75) is 13.0 Å². The molecule has 84 valence electrons. The zero-order chi connectivity index (χ0) is 11.2. The Bertz CT molecular complexity index is 412. The Labute approximate surface area is 97.7 Å². The summed E-state index contributed by atoms with van der Waals surface area (Å²) in [6.07, 6.45) is 7.55. The number of halogens is 1. The summed E-state index contributed by atoms with van der Waals surface area (Å²) >= 11 is 5.67. The van der Waals surface area contributed by atoms with Gasteiger partial charge in [-0.1, -0.05) is 16.8 Å². The Morgan fingerprint density at radius 3 is 2.81 bits per heavy atom. The molecule has 0 saturated carbocycles. The summed E-state index contributed by atoms with van der Waals surface area (Å²) in [7, 11) is 0. The van der Waals surface area contributed by atoms with Crippen LogP contribution in [0.4, 0.5) is 5.95 Å². The quantitative estimate of drug-likeness (QED) is 0.794. The molecule has 2 heterocycles. The number of aromatic nitrogens is 5. The van der Waals surface area contributed by atoms with E-state index in [4.69, 9.17) is 11.6 Å². The average molecular weight is 239 g/mol. The van der Waals surface area contributed by atoms with Gasteiger partial charge < -0.3 is 5.32 Å². The van der Waals surface area contributed by atoms with E-state index in [0.717, 1.165) is 19.5 Å². The van der Waals surface area contributed by atoms with Gasteiger partial charge >= 0.3 is 0 Å². The molecule has 2 rings (SSSR count). The van der Waals surface area contributed by atoms with Crippen molar-refractivity contribution in [3.8, 4) is 0 Å². The van der Waals surface area contributed by atoms with Gasteiger partial charge in [-0.2, -0.15) is 0 Å². The number of nitrogens with one attached hydrogen (secondary N) is 1. The van der Waals surface area contributed by atoms with Crippen molar-refractivity contribution < 1.29 is 0 Å². The Morgan fingerprint density at radius 1 is 1.31 bits per heavy atom. The summed E-state index contributed by atoms with van der Waals surface area (Å²) < 4.78 is 1.78. The van der Waals surface area contributed by atoms with Gasteiger partial charge in [-0.3, -0.25) is 4.68 Å². The van der Waals surface area contributed by atoms with Gasteiger partial charge in [0.1, 0.15) is 0 Å². The lowest BCUT2D eigenvalue weighted by molar-refractivity contribution is 0.569. The minimum absolute atomic E-state index is 0.535. The van der Waals surface area contributed by atoms with Crippen LogP contribution in [-0.2, 0) is 6.54 Å². The van der Waals surface area contributed by atoms with Crippen LogP contribution in [-0.4, -0.2) is 31.5 Å². The second-order valence-corrected chi connectivity index (χ2v) is 3.61. The minimum Gasteiger partial charge on any atom is -0.354 e. The minimum atomic E-state index is 0.535. The maximum Gasteiger partial charge on any atom is 0.222 e. The van der Waals surface area contributed by atoms with Crippen LogP contribution in [0.25, 0.3) is 0 Å². The molecule has 0 aliphatic heterocycles. The van der Waals surface area contributed by atoms with Crippen molar-refractivity contribution in [2.24, 2.45) is 0 Å². The number of hydrogen-bond acceptors (Lipinski definition) is 5. The highest BCUT2D eigenvalue weighted by molar-refractivity contribution is 6.30. The fourth-order valence-corrected chi connectivity index (χ4v) is 1.29. The summed E-state index contributed by atoms with van der Waals surface area (Å²) in [4.78, 5) is 8.05. The molecule has 2 aromatic rings. The average Bonchev–Trinajstić information content (AvgIpc) is 2.80. The van der Waals surface area contributed by atoms with Gasteiger partial charge in [0.2, 0.25) is 5.95 Å². The van der Waals surface area contributed by atoms with Crippen molar-refractivity contribution in [3.05, 3.63) is 29.8 Å². The summed E-state index contributed by atoms with van der Waals surface area (Å²) in [6.45, 7) is 1.60. The van der Waals surface area contributed by atoms with Crippen LogP contribution in [0.2, 0.25) is 5.02 Å². The summed E-state index contributed by atoms with van der Waals surface area (Å²) in [5.41, 5.74) is 0. The zero-order valence-corrected chi connectivity index (χ0v) is 9.30. The molecule has 0 aromatic carbocycles. The fraction of sp³-hybridized carbons (Fsp3) is 0.333. The number of anilines is 1. The van der Waals surface area contributed by atoms with Crippen molar-refractivity contribution in [1.82, 2.24) is 25.0 Å². The van der Waals surface area contributed by atoms with Crippen molar-refractivity contribution in [3.63, 3.8) is 0 Å². The molecule has 0 fully saturated rings. The normalized spacial score (nSPS) is 10.3. The van der Waals surface area contributed by atoms with E-state index >= 15 is 0 Å². The largest absolute Gasteiger partial charge is 0.354 e. The first-order chi connectivity index (χ1) is 7.84. The zero-order valence-electron chi connectivity index (χ0n) is 8.54. The maximum atomic E-state index is 5.67. The molecule has 0 amide bonds. The lowest BCUT2D eigenvalue weighted by Crippen LogP contribution is -2.09. The fourth-order valence-electron chi connectivity index (χ4n) is 1.20. The summed E-state index contributed by atoms with van der Waals surface area (Å²) in [6, 6.07) is 0. The molecule has 0 unspecified atom stereocenters. The van der Waals surface area contributed by atoms with Crippen LogP contribution in [0.3, 0.4) is 0 Å². The van der Waals surface area contributed by atoms with Gasteiger partial charge in [0.15, 0.2) is 0 Å². The molecule has 0 bridgehead atoms. The molecule has 0 atom stereocenters. The van der Waals surface area contributed by atoms with Crippen LogP contribution in [0, 0.1) is 0 Å². The van der Waals surface area contributed by atoms with Gasteiger partial charge in [-0.05, 0) is 6.42 Å². The smallest absolute Gasteiger partial charge is 0.222 e. The number of aryl methyl sites for hydroxylation is 1. The van der Waals surface area contributed by atoms with E-state index in [-0.39, 0.29) is 0 Å². The Morgan fingerprint density at radius 2 is 2.12 bits per heavy atom. The van der Waals surface area contributed by atoms with Crippen LogP contribution in [0.15, 0.2) is 24.8 Å². The Kier molecular flexibility index (Phi) is 3.66. The predicted molar refractivity (Wildman–Crippen MR) is 60.2 cm³/mol. The molecule has 7 heteroatoms. The Hall–Kier alpha value is -1.69. The number of nitrogens with zero attached hydrogens (tertiary/aromatic N) is 5. The maximum absolute atomic E-state index is 5.67. The third-order valence-corrected chi connectivity index (χ3v) is 2.13. The van der Waals surface area contributed by atoms with Crippen LogP contribution < -0.4 is 5.32 Å². The summed E-state index contributed by atoms with van der Waals surface area (Å²) in [5.74, 6) is 0.586. The molecule has 6 nitrogen and oxygen atoms in total. The summed E-state index contributed by atoms with van der Waals surface area (Å²) in [5, 5.41) is 11.2. The van der Waals surface area contributed by atoms with E-state index in [1.54, 1.807) is 23.3 Å². The Balaban J connectivity index is 1.70. The van der Waals surface area contributed by atoms with E-state index in [9.17, 15) is 0 Å². The number of hydrogen-bond donors (Lipinski definition) is 1. The van der Waals surface area contributed by atoms with Crippen LogP contribution in [0.1, 0.15) is 6.42 Å². The molecular weight excluding hydrogens is 228 g/mol. The number of rotatable bonds is 5. The van der Waals surface area contributed by atoms with Gasteiger partial charge in [-0.15, -0.1) is 5.10 Å².